The number of rotatable bonds is 4. The highest BCUT2D eigenvalue weighted by atomic mass is 16.5. The zero-order valence-electron chi connectivity index (χ0n) is 12.4. The Kier molecular flexibility index (Phi) is 3.35. The summed E-state index contributed by atoms with van der Waals surface area (Å²) in [5.41, 5.74) is 4.31. The highest BCUT2D eigenvalue weighted by Crippen LogP contribution is 2.48. The van der Waals surface area contributed by atoms with Gasteiger partial charge in [-0.2, -0.15) is 0 Å². The maximum atomic E-state index is 6.36. The van der Waals surface area contributed by atoms with Crippen LogP contribution in [0.5, 0.6) is 0 Å². The Hall–Kier alpha value is -1.67. The van der Waals surface area contributed by atoms with Crippen LogP contribution in [0, 0.1) is 5.92 Å². The topological polar surface area (TPSA) is 22.1 Å². The molecule has 0 bridgehead atoms. The Morgan fingerprint density at radius 1 is 1.15 bits per heavy atom. The second kappa shape index (κ2) is 5.02. The maximum absolute atomic E-state index is 6.36. The summed E-state index contributed by atoms with van der Waals surface area (Å²) in [6.45, 7) is 7.38. The van der Waals surface area contributed by atoms with Crippen molar-refractivity contribution in [1.29, 1.82) is 0 Å². The van der Waals surface area contributed by atoms with E-state index in [0.717, 1.165) is 18.7 Å². The third-order valence-corrected chi connectivity index (χ3v) is 4.37. The number of hydrogen-bond donors (Lipinski definition) is 0. The molecule has 2 unspecified atom stereocenters. The molecule has 0 amide bonds. The lowest BCUT2D eigenvalue weighted by Crippen LogP contribution is -2.27. The van der Waals surface area contributed by atoms with Crippen molar-refractivity contribution in [3.8, 4) is 11.3 Å². The minimum absolute atomic E-state index is 0.371. The quantitative estimate of drug-likeness (QED) is 0.819. The average molecular weight is 267 g/mol. The van der Waals surface area contributed by atoms with E-state index in [-0.39, 0.29) is 5.60 Å². The summed E-state index contributed by atoms with van der Waals surface area (Å²) in [6.07, 6.45) is 2.99. The van der Waals surface area contributed by atoms with Crippen LogP contribution in [-0.2, 0) is 10.3 Å². The van der Waals surface area contributed by atoms with Gasteiger partial charge in [0.2, 0.25) is 0 Å². The molecule has 1 aliphatic carbocycles. The first-order valence-corrected chi connectivity index (χ1v) is 7.36. The van der Waals surface area contributed by atoms with Crippen molar-refractivity contribution < 1.29 is 4.74 Å². The molecule has 20 heavy (non-hydrogen) atoms. The van der Waals surface area contributed by atoms with Gasteiger partial charge in [-0.05, 0) is 24.5 Å². The van der Waals surface area contributed by atoms with Crippen molar-refractivity contribution in [3.63, 3.8) is 0 Å². The van der Waals surface area contributed by atoms with Crippen molar-refractivity contribution in [2.75, 3.05) is 6.61 Å². The van der Waals surface area contributed by atoms with Crippen LogP contribution in [0.3, 0.4) is 0 Å². The highest BCUT2D eigenvalue weighted by Gasteiger charge is 2.41. The number of ether oxygens (including phenoxy) is 1. The van der Waals surface area contributed by atoms with Gasteiger partial charge in [-0.25, -0.2) is 0 Å². The molecule has 2 nitrogen and oxygen atoms in total. The summed E-state index contributed by atoms with van der Waals surface area (Å²) in [7, 11) is 0. The van der Waals surface area contributed by atoms with Gasteiger partial charge in [0.25, 0.3) is 0 Å². The summed E-state index contributed by atoms with van der Waals surface area (Å²) in [4.78, 5) is 4.56. The summed E-state index contributed by atoms with van der Waals surface area (Å²) in [5.74, 6) is 0.569. The maximum Gasteiger partial charge on any atom is 0.118 e. The smallest absolute Gasteiger partial charge is 0.118 e. The van der Waals surface area contributed by atoms with Crippen molar-refractivity contribution in [3.05, 3.63) is 53.7 Å². The molecule has 0 radical (unpaired) electrons. The molecular weight excluding hydrogens is 246 g/mol. The van der Waals surface area contributed by atoms with Crippen LogP contribution in [0.1, 0.15) is 38.3 Å². The van der Waals surface area contributed by atoms with Gasteiger partial charge in [-0.1, -0.05) is 50.6 Å². The predicted octanol–water partition coefficient (Wildman–Crippen LogP) is 4.39. The van der Waals surface area contributed by atoms with Crippen LogP contribution in [0.15, 0.2) is 42.6 Å². The van der Waals surface area contributed by atoms with Gasteiger partial charge in [-0.15, -0.1) is 0 Å². The highest BCUT2D eigenvalue weighted by molar-refractivity contribution is 5.76. The minimum Gasteiger partial charge on any atom is -0.365 e. The molecule has 104 valence electrons. The third-order valence-electron chi connectivity index (χ3n) is 4.37. The second-order valence-corrected chi connectivity index (χ2v) is 5.80. The van der Waals surface area contributed by atoms with E-state index in [1.807, 2.05) is 12.3 Å². The van der Waals surface area contributed by atoms with Crippen LogP contribution in [0.25, 0.3) is 11.3 Å². The van der Waals surface area contributed by atoms with E-state index in [2.05, 4.69) is 56.1 Å². The predicted molar refractivity (Wildman–Crippen MR) is 81.5 cm³/mol. The molecule has 0 saturated heterocycles. The fraction of sp³-hybridized carbons (Fsp3) is 0.389. The Balaban J connectivity index is 2.06. The van der Waals surface area contributed by atoms with Crippen molar-refractivity contribution in [1.82, 2.24) is 4.98 Å². The van der Waals surface area contributed by atoms with Gasteiger partial charge in [0.15, 0.2) is 0 Å². The number of pyridine rings is 1. The number of aromatic nitrogens is 1. The molecule has 3 rings (SSSR count). The Bertz CT molecular complexity index is 575. The van der Waals surface area contributed by atoms with Crippen molar-refractivity contribution in [2.24, 2.45) is 5.92 Å². The molecule has 0 spiro atoms. The lowest BCUT2D eigenvalue weighted by Gasteiger charge is -2.29. The van der Waals surface area contributed by atoms with Gasteiger partial charge >= 0.3 is 0 Å². The van der Waals surface area contributed by atoms with Gasteiger partial charge in [0.1, 0.15) is 5.60 Å². The third kappa shape index (κ3) is 1.95. The molecule has 1 aromatic carbocycles. The van der Waals surface area contributed by atoms with Gasteiger partial charge in [-0.3, -0.25) is 4.98 Å². The van der Waals surface area contributed by atoms with Crippen LogP contribution in [0.4, 0.5) is 0 Å². The standard InChI is InChI=1S/C18H21NO/c1-4-13(2)12-20-18(3)15-9-6-5-8-14(15)17-16(18)10-7-11-19-17/h5-11,13H,4,12H2,1-3H3. The first-order valence-electron chi connectivity index (χ1n) is 7.36. The average Bonchev–Trinajstić information content (AvgIpc) is 2.76. The van der Waals surface area contributed by atoms with Gasteiger partial charge < -0.3 is 4.74 Å². The monoisotopic (exact) mass is 267 g/mol. The molecule has 1 aromatic heterocycles. The van der Waals surface area contributed by atoms with Crippen LogP contribution < -0.4 is 0 Å². The lowest BCUT2D eigenvalue weighted by atomic mass is 9.93. The fourth-order valence-corrected chi connectivity index (χ4v) is 2.84. The van der Waals surface area contributed by atoms with E-state index in [1.165, 1.54) is 16.7 Å². The molecule has 2 aromatic rings. The van der Waals surface area contributed by atoms with E-state index in [0.29, 0.717) is 5.92 Å². The lowest BCUT2D eigenvalue weighted by molar-refractivity contribution is -0.0184. The van der Waals surface area contributed by atoms with Gasteiger partial charge in [0.05, 0.1) is 12.3 Å². The number of benzene rings is 1. The minimum atomic E-state index is -0.371. The largest absolute Gasteiger partial charge is 0.365 e. The van der Waals surface area contributed by atoms with E-state index in [4.69, 9.17) is 4.74 Å². The van der Waals surface area contributed by atoms with E-state index in [9.17, 15) is 0 Å². The normalized spacial score (nSPS) is 21.4. The molecule has 0 saturated carbocycles. The number of fused-ring (bicyclic) bond motifs is 3. The van der Waals surface area contributed by atoms with Gasteiger partial charge in [0, 0.05) is 17.3 Å². The molecule has 0 aliphatic heterocycles. The Labute approximate surface area is 120 Å². The SMILES string of the molecule is CCC(C)COC1(C)c2ccccc2-c2ncccc21. The number of nitrogens with zero attached hydrogens (tertiary/aromatic N) is 1. The summed E-state index contributed by atoms with van der Waals surface area (Å²) in [5, 5.41) is 0. The van der Waals surface area contributed by atoms with Crippen LogP contribution >= 0.6 is 0 Å². The molecule has 0 N–H and O–H groups in total. The van der Waals surface area contributed by atoms with Crippen molar-refractivity contribution >= 4 is 0 Å². The van der Waals surface area contributed by atoms with E-state index < -0.39 is 0 Å². The molecule has 1 heterocycles. The molecular formula is C18H21NO. The van der Waals surface area contributed by atoms with Crippen LogP contribution in [0.2, 0.25) is 0 Å². The zero-order valence-corrected chi connectivity index (χ0v) is 12.4. The first-order chi connectivity index (χ1) is 9.66. The fourth-order valence-electron chi connectivity index (χ4n) is 2.84. The molecule has 2 atom stereocenters. The molecule has 1 aliphatic rings. The zero-order chi connectivity index (χ0) is 14.2. The molecule has 2 heteroatoms. The van der Waals surface area contributed by atoms with E-state index >= 15 is 0 Å². The summed E-state index contributed by atoms with van der Waals surface area (Å²) < 4.78 is 6.36. The second-order valence-electron chi connectivity index (χ2n) is 5.80. The first kappa shape index (κ1) is 13.3. The Morgan fingerprint density at radius 2 is 1.90 bits per heavy atom. The van der Waals surface area contributed by atoms with Crippen LogP contribution in [-0.4, -0.2) is 11.6 Å². The summed E-state index contributed by atoms with van der Waals surface area (Å²) >= 11 is 0. The van der Waals surface area contributed by atoms with E-state index in [1.54, 1.807) is 0 Å². The van der Waals surface area contributed by atoms with Crippen molar-refractivity contribution in [2.45, 2.75) is 32.8 Å². The molecule has 0 fully saturated rings. The summed E-state index contributed by atoms with van der Waals surface area (Å²) in [6, 6.07) is 12.6. The number of hydrogen-bond acceptors (Lipinski definition) is 2. The Morgan fingerprint density at radius 3 is 2.70 bits per heavy atom.